The van der Waals surface area contributed by atoms with Gasteiger partial charge in [-0.1, -0.05) is 0 Å². The third-order valence-electron chi connectivity index (χ3n) is 3.08. The summed E-state index contributed by atoms with van der Waals surface area (Å²) in [5.74, 6) is 0.368. The van der Waals surface area contributed by atoms with E-state index in [9.17, 15) is 9.59 Å². The van der Waals surface area contributed by atoms with Gasteiger partial charge in [-0.3, -0.25) is 19.3 Å². The molecule has 3 heterocycles. The minimum absolute atomic E-state index is 0.220. The maximum Gasteiger partial charge on any atom is 0.330 e. The van der Waals surface area contributed by atoms with Crippen molar-refractivity contribution in [3.63, 3.8) is 0 Å². The first-order chi connectivity index (χ1) is 10.1. The Labute approximate surface area is 117 Å². The second-order valence-electron chi connectivity index (χ2n) is 4.33. The molecule has 0 atom stereocenters. The van der Waals surface area contributed by atoms with E-state index >= 15 is 0 Å². The Kier molecular flexibility index (Phi) is 2.88. The highest BCUT2D eigenvalue weighted by atomic mass is 16.2. The highest BCUT2D eigenvalue weighted by molar-refractivity contribution is 5.74. The summed E-state index contributed by atoms with van der Waals surface area (Å²) in [7, 11) is 0. The average Bonchev–Trinajstić information content (AvgIpc) is 2.93. The van der Waals surface area contributed by atoms with Gasteiger partial charge in [0.05, 0.1) is 5.56 Å². The summed E-state index contributed by atoms with van der Waals surface area (Å²) in [5.41, 5.74) is 0.399. The fourth-order valence-corrected chi connectivity index (χ4v) is 2.06. The van der Waals surface area contributed by atoms with Crippen LogP contribution in [-0.4, -0.2) is 24.5 Å². The summed E-state index contributed by atoms with van der Waals surface area (Å²) in [5, 5.41) is 8.75. The quantitative estimate of drug-likeness (QED) is 0.703. The first kappa shape index (κ1) is 12.8. The molecule has 21 heavy (non-hydrogen) atoms. The van der Waals surface area contributed by atoms with Crippen LogP contribution < -0.4 is 11.2 Å². The van der Waals surface area contributed by atoms with Crippen LogP contribution in [0.3, 0.4) is 0 Å². The van der Waals surface area contributed by atoms with Gasteiger partial charge in [0.2, 0.25) is 0 Å². The molecule has 3 aromatic rings. The standard InChI is InChI=1S/C13H10N6O2/c1-2-19-11-9(12(20)18-13(19)21)16-10(17-11)8-4-3-7(5-14)6-15-8/h3-4,6H,2H2,1H3,(H,16,17)(H,18,20,21). The monoisotopic (exact) mass is 282 g/mol. The molecule has 3 aromatic heterocycles. The van der Waals surface area contributed by atoms with E-state index in [1.165, 1.54) is 10.8 Å². The van der Waals surface area contributed by atoms with Gasteiger partial charge in [-0.15, -0.1) is 0 Å². The molecule has 2 N–H and O–H groups in total. The number of aromatic amines is 2. The molecule has 0 unspecified atom stereocenters. The van der Waals surface area contributed by atoms with Gasteiger partial charge in [0.1, 0.15) is 17.3 Å². The molecule has 0 spiro atoms. The van der Waals surface area contributed by atoms with Crippen molar-refractivity contribution in [1.82, 2.24) is 24.5 Å². The minimum atomic E-state index is -0.521. The van der Waals surface area contributed by atoms with Gasteiger partial charge in [-0.25, -0.2) is 9.78 Å². The average molecular weight is 282 g/mol. The molecule has 8 nitrogen and oxygen atoms in total. The minimum Gasteiger partial charge on any atom is -0.331 e. The second-order valence-corrected chi connectivity index (χ2v) is 4.33. The molecule has 0 aromatic carbocycles. The van der Waals surface area contributed by atoms with Crippen molar-refractivity contribution >= 4 is 11.2 Å². The van der Waals surface area contributed by atoms with Crippen molar-refractivity contribution in [2.24, 2.45) is 0 Å². The van der Waals surface area contributed by atoms with Crippen LogP contribution in [0.2, 0.25) is 0 Å². The lowest BCUT2D eigenvalue weighted by atomic mass is 10.2. The van der Waals surface area contributed by atoms with Crippen molar-refractivity contribution in [2.75, 3.05) is 0 Å². The van der Waals surface area contributed by atoms with Gasteiger partial charge in [-0.05, 0) is 19.1 Å². The predicted octanol–water partition coefficient (Wildman–Crippen LogP) is 0.366. The summed E-state index contributed by atoms with van der Waals surface area (Å²) < 4.78 is 1.36. The van der Waals surface area contributed by atoms with Crippen LogP contribution in [0.25, 0.3) is 22.7 Å². The molecule has 0 aliphatic heterocycles. The van der Waals surface area contributed by atoms with E-state index < -0.39 is 11.2 Å². The number of hydrogen-bond acceptors (Lipinski definition) is 5. The van der Waals surface area contributed by atoms with Crippen LogP contribution in [0.4, 0.5) is 0 Å². The third-order valence-corrected chi connectivity index (χ3v) is 3.08. The Morgan fingerprint density at radius 1 is 1.33 bits per heavy atom. The largest absolute Gasteiger partial charge is 0.331 e. The third kappa shape index (κ3) is 2.01. The number of nitrogens with one attached hydrogen (secondary N) is 2. The van der Waals surface area contributed by atoms with E-state index in [-0.39, 0.29) is 11.2 Å². The summed E-state index contributed by atoms with van der Waals surface area (Å²) in [6, 6.07) is 5.20. The van der Waals surface area contributed by atoms with Crippen molar-refractivity contribution in [3.05, 3.63) is 44.7 Å². The molecule has 0 bridgehead atoms. The molecular formula is C13H10N6O2. The van der Waals surface area contributed by atoms with Crippen LogP contribution >= 0.6 is 0 Å². The lowest BCUT2D eigenvalue weighted by Gasteiger charge is -1.99. The summed E-state index contributed by atoms with van der Waals surface area (Å²) in [6.45, 7) is 2.17. The van der Waals surface area contributed by atoms with Crippen LogP contribution in [0.1, 0.15) is 12.5 Å². The van der Waals surface area contributed by atoms with E-state index in [1.807, 2.05) is 6.07 Å². The van der Waals surface area contributed by atoms with Crippen LogP contribution in [-0.2, 0) is 6.54 Å². The van der Waals surface area contributed by atoms with E-state index in [0.29, 0.717) is 23.6 Å². The Morgan fingerprint density at radius 2 is 2.14 bits per heavy atom. The van der Waals surface area contributed by atoms with Crippen LogP contribution in [0, 0.1) is 11.3 Å². The molecule has 0 aliphatic carbocycles. The number of imidazole rings is 1. The molecule has 0 saturated heterocycles. The van der Waals surface area contributed by atoms with Crippen LogP contribution in [0.5, 0.6) is 0 Å². The van der Waals surface area contributed by atoms with E-state index in [4.69, 9.17) is 5.26 Å². The van der Waals surface area contributed by atoms with E-state index in [0.717, 1.165) is 0 Å². The zero-order valence-corrected chi connectivity index (χ0v) is 11.0. The number of H-pyrrole nitrogens is 2. The SMILES string of the molecule is CCn1c(=O)[nH]c(=O)c2[nH]c(-c3ccc(C#N)cn3)nc21. The number of rotatable bonds is 2. The normalized spacial score (nSPS) is 10.7. The number of aryl methyl sites for hydroxylation is 1. The Morgan fingerprint density at radius 3 is 2.76 bits per heavy atom. The number of fused-ring (bicyclic) bond motifs is 1. The Bertz CT molecular complexity index is 971. The molecule has 0 saturated carbocycles. The molecule has 0 radical (unpaired) electrons. The van der Waals surface area contributed by atoms with Crippen LogP contribution in [0.15, 0.2) is 27.9 Å². The number of nitrogens with zero attached hydrogens (tertiary/aromatic N) is 4. The topological polar surface area (TPSA) is 120 Å². The van der Waals surface area contributed by atoms with Crippen molar-refractivity contribution in [1.29, 1.82) is 5.26 Å². The molecule has 104 valence electrons. The number of nitriles is 1. The van der Waals surface area contributed by atoms with E-state index in [2.05, 4.69) is 19.9 Å². The number of hydrogen-bond donors (Lipinski definition) is 2. The van der Waals surface area contributed by atoms with E-state index in [1.54, 1.807) is 19.1 Å². The lowest BCUT2D eigenvalue weighted by molar-refractivity contribution is 0.720. The highest BCUT2D eigenvalue weighted by Crippen LogP contribution is 2.16. The molecular weight excluding hydrogens is 272 g/mol. The molecule has 8 heteroatoms. The zero-order valence-electron chi connectivity index (χ0n) is 11.0. The van der Waals surface area contributed by atoms with Crippen molar-refractivity contribution in [2.45, 2.75) is 13.5 Å². The summed E-state index contributed by atoms with van der Waals surface area (Å²) in [6.07, 6.45) is 1.42. The first-order valence-electron chi connectivity index (χ1n) is 6.23. The zero-order chi connectivity index (χ0) is 15.0. The number of aromatic nitrogens is 5. The van der Waals surface area contributed by atoms with Gasteiger partial charge >= 0.3 is 5.69 Å². The Hall–Kier alpha value is -3.21. The maximum atomic E-state index is 11.8. The van der Waals surface area contributed by atoms with Gasteiger partial charge in [-0.2, -0.15) is 5.26 Å². The second kappa shape index (κ2) is 4.72. The predicted molar refractivity (Wildman–Crippen MR) is 74.6 cm³/mol. The molecule has 0 aliphatic rings. The maximum absolute atomic E-state index is 11.8. The summed E-state index contributed by atoms with van der Waals surface area (Å²) >= 11 is 0. The molecule has 3 rings (SSSR count). The number of pyridine rings is 1. The smallest absolute Gasteiger partial charge is 0.330 e. The van der Waals surface area contributed by atoms with Gasteiger partial charge in [0, 0.05) is 12.7 Å². The van der Waals surface area contributed by atoms with Crippen molar-refractivity contribution < 1.29 is 0 Å². The molecule has 0 amide bonds. The highest BCUT2D eigenvalue weighted by Gasteiger charge is 2.13. The summed E-state index contributed by atoms with van der Waals surface area (Å²) in [4.78, 5) is 37.0. The first-order valence-corrected chi connectivity index (χ1v) is 6.23. The molecule has 0 fully saturated rings. The van der Waals surface area contributed by atoms with Gasteiger partial charge < -0.3 is 4.98 Å². The fraction of sp³-hybridized carbons (Fsp3) is 0.154. The lowest BCUT2D eigenvalue weighted by Crippen LogP contribution is -2.29. The fourth-order valence-electron chi connectivity index (χ4n) is 2.06. The van der Waals surface area contributed by atoms with Gasteiger partial charge in [0.15, 0.2) is 11.5 Å². The van der Waals surface area contributed by atoms with Crippen molar-refractivity contribution in [3.8, 4) is 17.6 Å². The van der Waals surface area contributed by atoms with Gasteiger partial charge in [0.25, 0.3) is 5.56 Å². The Balaban J connectivity index is 2.26.